The van der Waals surface area contributed by atoms with Crippen molar-refractivity contribution in [3.63, 3.8) is 0 Å². The Bertz CT molecular complexity index is 620. The Balaban J connectivity index is 2.12. The molecule has 0 spiro atoms. The lowest BCUT2D eigenvalue weighted by atomic mass is 10.2. The van der Waals surface area contributed by atoms with E-state index in [0.717, 1.165) is 22.6 Å². The first-order chi connectivity index (χ1) is 9.47. The molecule has 2 aromatic rings. The van der Waals surface area contributed by atoms with Gasteiger partial charge in [0.15, 0.2) is 0 Å². The third-order valence-corrected chi connectivity index (χ3v) is 4.24. The number of H-pyrrole nitrogens is 1. The van der Waals surface area contributed by atoms with Gasteiger partial charge in [0.1, 0.15) is 0 Å². The minimum atomic E-state index is -0.903. The molecule has 1 aromatic heterocycles. The maximum absolute atomic E-state index is 11.3. The van der Waals surface area contributed by atoms with E-state index in [1.54, 1.807) is 6.26 Å². The fourth-order valence-corrected chi connectivity index (χ4v) is 2.98. The minimum Gasteiger partial charge on any atom is -0.381 e. The molecule has 0 aliphatic carbocycles. The molecule has 0 bridgehead atoms. The number of aromatic amines is 1. The van der Waals surface area contributed by atoms with Crippen LogP contribution < -0.4 is 5.32 Å². The number of aryl methyl sites for hydroxylation is 2. The summed E-state index contributed by atoms with van der Waals surface area (Å²) in [6.07, 6.45) is 1.68. The largest absolute Gasteiger partial charge is 0.381 e. The molecule has 20 heavy (non-hydrogen) atoms. The maximum atomic E-state index is 11.3. The van der Waals surface area contributed by atoms with Crippen LogP contribution in [-0.4, -0.2) is 20.7 Å². The van der Waals surface area contributed by atoms with Gasteiger partial charge in [-0.3, -0.25) is 9.31 Å². The first kappa shape index (κ1) is 15.1. The average Bonchev–Trinajstić information content (AvgIpc) is 2.70. The summed E-state index contributed by atoms with van der Waals surface area (Å²) in [4.78, 5) is 0. The van der Waals surface area contributed by atoms with Crippen LogP contribution in [0.3, 0.4) is 0 Å². The number of nitrogens with one attached hydrogen (secondary N) is 2. The van der Waals surface area contributed by atoms with Gasteiger partial charge >= 0.3 is 0 Å². The standard InChI is InChI=1S/C14H18ClN3OS/c1-9-13(10(2)18-17-9)7-16-12-4-5-14(15)11(6-12)8-20(3)19/h4-6,16H,7-8H2,1-3H3,(H,17,18). The van der Waals surface area contributed by atoms with Crippen LogP contribution in [0.2, 0.25) is 5.02 Å². The Kier molecular flexibility index (Phi) is 4.83. The van der Waals surface area contributed by atoms with E-state index in [0.29, 0.717) is 17.3 Å². The van der Waals surface area contributed by atoms with Crippen LogP contribution in [0.15, 0.2) is 18.2 Å². The maximum Gasteiger partial charge on any atom is 0.0643 e. The van der Waals surface area contributed by atoms with Gasteiger partial charge in [0.2, 0.25) is 0 Å². The molecular formula is C14H18ClN3OS. The monoisotopic (exact) mass is 311 g/mol. The molecule has 2 rings (SSSR count). The fraction of sp³-hybridized carbons (Fsp3) is 0.357. The van der Waals surface area contributed by atoms with Gasteiger partial charge in [-0.1, -0.05) is 11.6 Å². The Morgan fingerprint density at radius 1 is 1.40 bits per heavy atom. The predicted octanol–water partition coefficient (Wildman–Crippen LogP) is 3.17. The summed E-state index contributed by atoms with van der Waals surface area (Å²) in [5.41, 5.74) is 5.10. The third-order valence-electron chi connectivity index (χ3n) is 3.15. The minimum absolute atomic E-state index is 0.470. The summed E-state index contributed by atoms with van der Waals surface area (Å²) in [7, 11) is -0.903. The second-order valence-electron chi connectivity index (χ2n) is 4.79. The molecule has 0 saturated heterocycles. The van der Waals surface area contributed by atoms with Crippen LogP contribution in [0.1, 0.15) is 22.5 Å². The summed E-state index contributed by atoms with van der Waals surface area (Å²) >= 11 is 6.11. The molecule has 4 nitrogen and oxygen atoms in total. The molecule has 0 saturated carbocycles. The number of anilines is 1. The van der Waals surface area contributed by atoms with E-state index in [-0.39, 0.29) is 0 Å². The summed E-state index contributed by atoms with van der Waals surface area (Å²) in [5.74, 6) is 0.470. The van der Waals surface area contributed by atoms with Crippen molar-refractivity contribution in [2.45, 2.75) is 26.1 Å². The summed E-state index contributed by atoms with van der Waals surface area (Å²) in [5, 5.41) is 11.1. The summed E-state index contributed by atoms with van der Waals surface area (Å²) in [6, 6.07) is 5.71. The number of aromatic nitrogens is 2. The molecule has 1 unspecified atom stereocenters. The first-order valence-electron chi connectivity index (χ1n) is 6.30. The molecule has 108 valence electrons. The van der Waals surface area contributed by atoms with Gasteiger partial charge in [0, 0.05) is 51.3 Å². The number of rotatable bonds is 5. The van der Waals surface area contributed by atoms with Crippen LogP contribution in [-0.2, 0) is 23.1 Å². The number of nitrogens with zero attached hydrogens (tertiary/aromatic N) is 1. The molecule has 6 heteroatoms. The van der Waals surface area contributed by atoms with Crippen molar-refractivity contribution in [1.29, 1.82) is 0 Å². The van der Waals surface area contributed by atoms with E-state index in [1.165, 1.54) is 5.56 Å². The number of hydrogen-bond acceptors (Lipinski definition) is 3. The fourth-order valence-electron chi connectivity index (χ4n) is 2.04. The molecule has 0 radical (unpaired) electrons. The number of benzene rings is 1. The van der Waals surface area contributed by atoms with E-state index in [1.807, 2.05) is 32.0 Å². The molecule has 1 heterocycles. The van der Waals surface area contributed by atoms with Crippen molar-refractivity contribution in [2.24, 2.45) is 0 Å². The van der Waals surface area contributed by atoms with E-state index >= 15 is 0 Å². The van der Waals surface area contributed by atoms with Gasteiger partial charge in [-0.25, -0.2) is 0 Å². The van der Waals surface area contributed by atoms with Gasteiger partial charge in [-0.05, 0) is 37.6 Å². The molecule has 2 N–H and O–H groups in total. The zero-order chi connectivity index (χ0) is 14.7. The quantitative estimate of drug-likeness (QED) is 0.891. The van der Waals surface area contributed by atoms with Gasteiger partial charge in [0.05, 0.1) is 5.69 Å². The third kappa shape index (κ3) is 3.61. The zero-order valence-electron chi connectivity index (χ0n) is 11.8. The predicted molar refractivity (Wildman–Crippen MR) is 84.6 cm³/mol. The molecule has 0 amide bonds. The van der Waals surface area contributed by atoms with Crippen LogP contribution >= 0.6 is 11.6 Å². The first-order valence-corrected chi connectivity index (χ1v) is 8.40. The highest BCUT2D eigenvalue weighted by Gasteiger charge is 2.07. The van der Waals surface area contributed by atoms with Crippen LogP contribution in [0.5, 0.6) is 0 Å². The number of halogens is 1. The second kappa shape index (κ2) is 6.41. The van der Waals surface area contributed by atoms with Crippen molar-refractivity contribution in [3.8, 4) is 0 Å². The van der Waals surface area contributed by atoms with Crippen molar-refractivity contribution in [1.82, 2.24) is 10.2 Å². The lowest BCUT2D eigenvalue weighted by Crippen LogP contribution is -2.02. The van der Waals surface area contributed by atoms with E-state index in [2.05, 4.69) is 15.5 Å². The smallest absolute Gasteiger partial charge is 0.0643 e. The highest BCUT2D eigenvalue weighted by atomic mass is 35.5. The Morgan fingerprint density at radius 2 is 2.15 bits per heavy atom. The van der Waals surface area contributed by atoms with Crippen LogP contribution in [0.4, 0.5) is 5.69 Å². The molecule has 1 atom stereocenters. The van der Waals surface area contributed by atoms with Crippen molar-refractivity contribution >= 4 is 28.1 Å². The second-order valence-corrected chi connectivity index (χ2v) is 6.63. The molecule has 0 fully saturated rings. The van der Waals surface area contributed by atoms with E-state index in [4.69, 9.17) is 11.6 Å². The van der Waals surface area contributed by atoms with Gasteiger partial charge in [-0.2, -0.15) is 5.10 Å². The average molecular weight is 312 g/mol. The molecular weight excluding hydrogens is 294 g/mol. The molecule has 1 aromatic carbocycles. The Labute approximate surface area is 126 Å². The molecule has 0 aliphatic heterocycles. The van der Waals surface area contributed by atoms with Gasteiger partial charge in [0.25, 0.3) is 0 Å². The Morgan fingerprint density at radius 3 is 2.75 bits per heavy atom. The lowest BCUT2D eigenvalue weighted by Gasteiger charge is -2.10. The van der Waals surface area contributed by atoms with Crippen molar-refractivity contribution < 1.29 is 4.21 Å². The lowest BCUT2D eigenvalue weighted by molar-refractivity contribution is 0.686. The SMILES string of the molecule is Cc1n[nH]c(C)c1CNc1ccc(Cl)c(CS(C)=O)c1. The zero-order valence-corrected chi connectivity index (χ0v) is 13.4. The Hall–Kier alpha value is -1.33. The molecule has 0 aliphatic rings. The highest BCUT2D eigenvalue weighted by molar-refractivity contribution is 7.83. The van der Waals surface area contributed by atoms with E-state index in [9.17, 15) is 4.21 Å². The normalized spacial score (nSPS) is 12.4. The van der Waals surface area contributed by atoms with Crippen molar-refractivity contribution in [2.75, 3.05) is 11.6 Å². The van der Waals surface area contributed by atoms with Crippen LogP contribution in [0.25, 0.3) is 0 Å². The highest BCUT2D eigenvalue weighted by Crippen LogP contribution is 2.22. The van der Waals surface area contributed by atoms with Crippen LogP contribution in [0, 0.1) is 13.8 Å². The van der Waals surface area contributed by atoms with Gasteiger partial charge < -0.3 is 5.32 Å². The number of hydrogen-bond donors (Lipinski definition) is 2. The topological polar surface area (TPSA) is 57.8 Å². The van der Waals surface area contributed by atoms with E-state index < -0.39 is 10.8 Å². The summed E-state index contributed by atoms with van der Waals surface area (Å²) in [6.45, 7) is 4.68. The van der Waals surface area contributed by atoms with Gasteiger partial charge in [-0.15, -0.1) is 0 Å². The van der Waals surface area contributed by atoms with Crippen molar-refractivity contribution in [3.05, 3.63) is 45.7 Å². The summed E-state index contributed by atoms with van der Waals surface area (Å²) < 4.78 is 11.3.